The molecule has 2 saturated heterocycles. The van der Waals surface area contributed by atoms with Crippen molar-refractivity contribution < 1.29 is 41.8 Å². The van der Waals surface area contributed by atoms with E-state index in [-0.39, 0.29) is 17.3 Å². The van der Waals surface area contributed by atoms with Gasteiger partial charge in [0.15, 0.2) is 0 Å². The van der Waals surface area contributed by atoms with Gasteiger partial charge in [0.25, 0.3) is 0 Å². The van der Waals surface area contributed by atoms with Crippen LogP contribution >= 0.6 is 0 Å². The van der Waals surface area contributed by atoms with Crippen molar-refractivity contribution in [2.45, 2.75) is 68.7 Å². The Balaban J connectivity index is 0.984. The molecule has 50 heavy (non-hydrogen) atoms. The fourth-order valence-electron chi connectivity index (χ4n) is 7.59. The lowest BCUT2D eigenvalue weighted by Gasteiger charge is -2.35. The van der Waals surface area contributed by atoms with Crippen LogP contribution in [-0.4, -0.2) is 48.3 Å². The number of carbonyl (C=O) groups is 4. The van der Waals surface area contributed by atoms with Crippen LogP contribution in [0.4, 0.5) is 45.5 Å². The number of carbonyl (C=O) groups excluding carboxylic acids is 4. The van der Waals surface area contributed by atoms with E-state index in [0.29, 0.717) is 64.5 Å². The number of nitrogens with zero attached hydrogens (tertiary/aromatic N) is 2. The number of hydrogen-bond acceptors (Lipinski definition) is 6. The molecule has 0 unspecified atom stereocenters. The highest BCUT2D eigenvalue weighted by molar-refractivity contribution is 6.01. The van der Waals surface area contributed by atoms with E-state index in [9.17, 15) is 32.3 Å². The van der Waals surface area contributed by atoms with E-state index in [4.69, 9.17) is 9.47 Å². The summed E-state index contributed by atoms with van der Waals surface area (Å²) in [6, 6.07) is 21.2. The van der Waals surface area contributed by atoms with Crippen molar-refractivity contribution in [1.29, 1.82) is 0 Å². The number of amides is 4. The molecule has 0 aromatic heterocycles. The Labute approximate surface area is 286 Å². The summed E-state index contributed by atoms with van der Waals surface area (Å²) in [6.07, 6.45) is -2.21. The van der Waals surface area contributed by atoms with E-state index in [1.807, 2.05) is 60.7 Å². The Morgan fingerprint density at radius 3 is 1.48 bits per heavy atom. The number of ether oxygens (including phenoxy) is 2. The Morgan fingerprint density at radius 2 is 1.06 bits per heavy atom. The van der Waals surface area contributed by atoms with Gasteiger partial charge < -0.3 is 20.1 Å². The maximum absolute atomic E-state index is 13.7. The van der Waals surface area contributed by atoms with Crippen LogP contribution in [0.3, 0.4) is 0 Å². The summed E-state index contributed by atoms with van der Waals surface area (Å²) in [5.41, 5.74) is -1.04. The van der Waals surface area contributed by atoms with Crippen LogP contribution in [0, 0.1) is 11.8 Å². The molecule has 3 aromatic carbocycles. The van der Waals surface area contributed by atoms with Gasteiger partial charge in [-0.3, -0.25) is 19.4 Å². The zero-order valence-corrected chi connectivity index (χ0v) is 27.2. The number of anilines is 4. The molecule has 4 amide bonds. The smallest absolute Gasteiger partial charge is 0.416 e. The molecular formula is C37H37F3N4O6. The average Bonchev–Trinajstić information content (AvgIpc) is 3.61. The number of benzene rings is 3. The molecular weight excluding hydrogens is 653 g/mol. The van der Waals surface area contributed by atoms with Gasteiger partial charge in [-0.25, -0.2) is 9.59 Å². The molecule has 4 aliphatic rings. The Kier molecular flexibility index (Phi) is 8.69. The van der Waals surface area contributed by atoms with E-state index in [1.165, 1.54) is 0 Å². The van der Waals surface area contributed by atoms with E-state index >= 15 is 0 Å². The first kappa shape index (κ1) is 33.4. The maximum Gasteiger partial charge on any atom is 0.416 e. The van der Waals surface area contributed by atoms with Crippen LogP contribution in [0.2, 0.25) is 0 Å². The zero-order chi connectivity index (χ0) is 35.1. The van der Waals surface area contributed by atoms with E-state index in [1.54, 1.807) is 9.80 Å². The van der Waals surface area contributed by atoms with Crippen LogP contribution in [0.25, 0.3) is 0 Å². The lowest BCUT2D eigenvalue weighted by Crippen LogP contribution is -2.41. The fraction of sp³-hybridized carbons (Fsp3) is 0.405. The molecule has 0 radical (unpaired) electrons. The number of rotatable bonds is 6. The van der Waals surface area contributed by atoms with Crippen LogP contribution < -0.4 is 20.4 Å². The van der Waals surface area contributed by atoms with Crippen LogP contribution in [0.15, 0.2) is 78.9 Å². The number of hydrogen-bond donors (Lipinski definition) is 2. The van der Waals surface area contributed by atoms with Gasteiger partial charge in [-0.1, -0.05) is 36.4 Å². The number of nitrogens with one attached hydrogen (secondary N) is 2. The van der Waals surface area contributed by atoms with Gasteiger partial charge in [0, 0.05) is 23.2 Å². The lowest BCUT2D eigenvalue weighted by molar-refractivity contribution is -0.137. The molecule has 13 heteroatoms. The van der Waals surface area contributed by atoms with Gasteiger partial charge >= 0.3 is 18.4 Å². The molecule has 10 nitrogen and oxygen atoms in total. The summed E-state index contributed by atoms with van der Waals surface area (Å²) < 4.78 is 52.8. The average molecular weight is 691 g/mol. The molecule has 2 N–H and O–H groups in total. The van der Waals surface area contributed by atoms with Crippen LogP contribution in [0.1, 0.15) is 56.9 Å². The second-order valence-corrected chi connectivity index (χ2v) is 13.7. The first-order valence-corrected chi connectivity index (χ1v) is 16.9. The largest absolute Gasteiger partial charge is 0.441 e. The van der Waals surface area contributed by atoms with Gasteiger partial charge in [-0.15, -0.1) is 0 Å². The minimum Gasteiger partial charge on any atom is -0.441 e. The summed E-state index contributed by atoms with van der Waals surface area (Å²) in [5.74, 6) is -1.84. The molecule has 2 saturated carbocycles. The molecule has 2 aliphatic heterocycles. The predicted octanol–water partition coefficient (Wildman–Crippen LogP) is 7.75. The van der Waals surface area contributed by atoms with Crippen molar-refractivity contribution >= 4 is 46.8 Å². The molecule has 0 atom stereocenters. The molecule has 4 fully saturated rings. The molecule has 262 valence electrons. The molecule has 2 spiro atoms. The highest BCUT2D eigenvalue weighted by Gasteiger charge is 2.50. The van der Waals surface area contributed by atoms with Crippen molar-refractivity contribution in [2.24, 2.45) is 11.8 Å². The topological polar surface area (TPSA) is 117 Å². The third kappa shape index (κ3) is 6.73. The molecule has 3 aromatic rings. The molecule has 2 aliphatic carbocycles. The third-order valence-electron chi connectivity index (χ3n) is 10.5. The molecule has 0 bridgehead atoms. The number of para-hydroxylation sites is 2. The van der Waals surface area contributed by atoms with Crippen LogP contribution in [0.5, 0.6) is 0 Å². The summed E-state index contributed by atoms with van der Waals surface area (Å²) in [7, 11) is 0. The fourth-order valence-corrected chi connectivity index (χ4v) is 7.59. The second-order valence-electron chi connectivity index (χ2n) is 13.7. The summed E-state index contributed by atoms with van der Waals surface area (Å²) >= 11 is 0. The Bertz CT molecular complexity index is 1770. The van der Waals surface area contributed by atoms with Crippen molar-refractivity contribution in [2.75, 3.05) is 33.5 Å². The first-order chi connectivity index (χ1) is 23.9. The zero-order valence-electron chi connectivity index (χ0n) is 27.2. The number of alkyl halides is 3. The lowest BCUT2D eigenvalue weighted by atomic mass is 9.78. The van der Waals surface area contributed by atoms with Crippen LogP contribution in [-0.2, 0) is 25.2 Å². The first-order valence-electron chi connectivity index (χ1n) is 16.9. The van der Waals surface area contributed by atoms with Gasteiger partial charge in [0.2, 0.25) is 11.8 Å². The minimum absolute atomic E-state index is 0.0645. The predicted molar refractivity (Wildman–Crippen MR) is 179 cm³/mol. The van der Waals surface area contributed by atoms with Crippen molar-refractivity contribution in [3.63, 3.8) is 0 Å². The minimum atomic E-state index is -4.67. The second kappa shape index (κ2) is 13.0. The van der Waals surface area contributed by atoms with Gasteiger partial charge in [0.1, 0.15) is 11.2 Å². The molecule has 2 heterocycles. The quantitative estimate of drug-likeness (QED) is 0.273. The van der Waals surface area contributed by atoms with Gasteiger partial charge in [0.05, 0.1) is 30.0 Å². The normalized spacial score (nSPS) is 26.5. The van der Waals surface area contributed by atoms with Crippen molar-refractivity contribution in [3.05, 3.63) is 84.4 Å². The van der Waals surface area contributed by atoms with E-state index in [0.717, 1.165) is 29.6 Å². The highest BCUT2D eigenvalue weighted by Crippen LogP contribution is 2.43. The monoisotopic (exact) mass is 690 g/mol. The van der Waals surface area contributed by atoms with E-state index < -0.39 is 52.9 Å². The third-order valence-corrected chi connectivity index (χ3v) is 10.5. The molecule has 7 rings (SSSR count). The van der Waals surface area contributed by atoms with Gasteiger partial charge in [-0.05, 0) is 93.8 Å². The van der Waals surface area contributed by atoms with Gasteiger partial charge in [-0.2, -0.15) is 13.2 Å². The standard InChI is InChI=1S/C37H37F3N4O6/c38-37(39,40)26-11-12-29(41-31(45)24-13-17-35(18-14-24)22-43(33(47)49-35)27-7-3-1-4-8-27)30(21-26)42-32(46)25-15-19-36(20-16-25)23-44(34(48)50-36)28-9-5-2-6-10-28/h1-12,21,24-25H,13-20,22-23H2,(H,41,45)(H,42,46). The summed E-state index contributed by atoms with van der Waals surface area (Å²) in [4.78, 5) is 55.4. The SMILES string of the molecule is O=C(Nc1ccc(C(F)(F)F)cc1NC(=O)C1CCC2(CC1)CN(c1ccccc1)C(=O)O2)C1CCC2(CC1)CN(c1ccccc1)C(=O)O2. The van der Waals surface area contributed by atoms with E-state index in [2.05, 4.69) is 10.6 Å². The Hall–Kier alpha value is -5.07. The summed E-state index contributed by atoms with van der Waals surface area (Å²) in [5, 5.41) is 5.41. The van der Waals surface area contributed by atoms with Crippen molar-refractivity contribution in [3.8, 4) is 0 Å². The number of halogens is 3. The highest BCUT2D eigenvalue weighted by atomic mass is 19.4. The Morgan fingerprint density at radius 1 is 0.640 bits per heavy atom. The summed E-state index contributed by atoms with van der Waals surface area (Å²) in [6.45, 7) is 0.721. The maximum atomic E-state index is 13.7. The van der Waals surface area contributed by atoms with Crippen molar-refractivity contribution in [1.82, 2.24) is 0 Å².